The van der Waals surface area contributed by atoms with Crippen LogP contribution in [0.1, 0.15) is 37.3 Å². The van der Waals surface area contributed by atoms with Crippen LogP contribution in [0.5, 0.6) is 0 Å². The van der Waals surface area contributed by atoms with Gasteiger partial charge in [-0.3, -0.25) is 19.3 Å². The van der Waals surface area contributed by atoms with Crippen molar-refractivity contribution in [2.75, 3.05) is 18.4 Å². The number of hydrogen-bond acceptors (Lipinski definition) is 7. The molecule has 1 aromatic rings. The molecule has 1 saturated heterocycles. The molecule has 0 bridgehead atoms. The van der Waals surface area contributed by atoms with E-state index in [1.54, 1.807) is 13.8 Å². The molecule has 0 unspecified atom stereocenters. The van der Waals surface area contributed by atoms with Crippen molar-refractivity contribution in [3.8, 4) is 0 Å². The minimum atomic E-state index is -3.34. The lowest BCUT2D eigenvalue weighted by atomic mass is 10.2. The summed E-state index contributed by atoms with van der Waals surface area (Å²) >= 11 is 1.22. The molecule has 3 rings (SSSR count). The number of rotatable bonds is 5. The maximum Gasteiger partial charge on any atom is 0.246 e. The smallest absolute Gasteiger partial charge is 0.246 e. The predicted octanol–water partition coefficient (Wildman–Crippen LogP) is 0.327. The number of imide groups is 1. The van der Waals surface area contributed by atoms with Crippen LogP contribution in [-0.4, -0.2) is 58.7 Å². The summed E-state index contributed by atoms with van der Waals surface area (Å²) in [7, 11) is -3.34. The number of fused-ring (bicyclic) bond motifs is 1. The van der Waals surface area contributed by atoms with Gasteiger partial charge >= 0.3 is 0 Å². The molecule has 0 radical (unpaired) electrons. The zero-order valence-electron chi connectivity index (χ0n) is 14.5. The molecule has 0 saturated carbocycles. The molecule has 0 spiro atoms. The lowest BCUT2D eigenvalue weighted by Gasteiger charge is -2.26. The number of nitrogens with zero attached hydrogens (tertiary/aromatic N) is 3. The number of carbonyl (C=O) groups is 3. The van der Waals surface area contributed by atoms with Gasteiger partial charge in [0.1, 0.15) is 6.54 Å². The Labute approximate surface area is 155 Å². The second-order valence-corrected chi connectivity index (χ2v) is 10.1. The molecule has 1 N–H and O–H groups in total. The minimum absolute atomic E-state index is 0.137. The van der Waals surface area contributed by atoms with Crippen LogP contribution in [0.3, 0.4) is 0 Å². The van der Waals surface area contributed by atoms with Crippen LogP contribution in [0.4, 0.5) is 5.13 Å². The Morgan fingerprint density at radius 2 is 1.88 bits per heavy atom. The van der Waals surface area contributed by atoms with Gasteiger partial charge in [0, 0.05) is 37.2 Å². The van der Waals surface area contributed by atoms with Crippen LogP contribution in [0.15, 0.2) is 0 Å². The normalized spacial score (nSPS) is 18.5. The van der Waals surface area contributed by atoms with Crippen LogP contribution >= 0.6 is 11.3 Å². The van der Waals surface area contributed by atoms with E-state index in [9.17, 15) is 22.8 Å². The van der Waals surface area contributed by atoms with Crippen molar-refractivity contribution in [3.63, 3.8) is 0 Å². The topological polar surface area (TPSA) is 117 Å². The standard InChI is InChI=1S/C15H20N4O5S2/c1-9(2)26(23,24)18-6-5-10-11(7-18)25-15(16-10)17-12(20)8-19-13(21)3-4-14(19)22/h9H,3-8H2,1-2H3,(H,16,17,20). The van der Waals surface area contributed by atoms with Gasteiger partial charge in [0.15, 0.2) is 5.13 Å². The van der Waals surface area contributed by atoms with Gasteiger partial charge in [0.2, 0.25) is 27.7 Å². The zero-order valence-corrected chi connectivity index (χ0v) is 16.2. The highest BCUT2D eigenvalue weighted by Gasteiger charge is 2.32. The van der Waals surface area contributed by atoms with E-state index in [2.05, 4.69) is 10.3 Å². The van der Waals surface area contributed by atoms with Crippen LogP contribution in [0.2, 0.25) is 0 Å². The Morgan fingerprint density at radius 1 is 1.23 bits per heavy atom. The largest absolute Gasteiger partial charge is 0.300 e. The Bertz CT molecular complexity index is 845. The Hall–Kier alpha value is -1.85. The third-order valence-corrected chi connectivity index (χ3v) is 7.58. The highest BCUT2D eigenvalue weighted by molar-refractivity contribution is 7.89. The molecule has 2 aliphatic rings. The summed E-state index contributed by atoms with van der Waals surface area (Å²) in [6.07, 6.45) is 0.756. The minimum Gasteiger partial charge on any atom is -0.300 e. The third kappa shape index (κ3) is 3.64. The monoisotopic (exact) mass is 400 g/mol. The van der Waals surface area contributed by atoms with E-state index in [4.69, 9.17) is 0 Å². The van der Waals surface area contributed by atoms with Crippen LogP contribution in [0, 0.1) is 0 Å². The number of anilines is 1. The number of carbonyl (C=O) groups excluding carboxylic acids is 3. The second-order valence-electron chi connectivity index (χ2n) is 6.49. The lowest BCUT2D eigenvalue weighted by molar-refractivity contribution is -0.141. The first kappa shape index (κ1) is 18.9. The van der Waals surface area contributed by atoms with Crippen LogP contribution < -0.4 is 5.32 Å². The first-order valence-electron chi connectivity index (χ1n) is 8.29. The van der Waals surface area contributed by atoms with E-state index in [1.165, 1.54) is 15.6 Å². The van der Waals surface area contributed by atoms with Crippen molar-refractivity contribution in [2.45, 2.75) is 44.9 Å². The second kappa shape index (κ2) is 7.05. The maximum atomic E-state index is 12.3. The van der Waals surface area contributed by atoms with Gasteiger partial charge in [-0.15, -0.1) is 11.3 Å². The average Bonchev–Trinajstić information content (AvgIpc) is 3.11. The quantitative estimate of drug-likeness (QED) is 0.712. The molecule has 9 nitrogen and oxygen atoms in total. The molecule has 1 aromatic heterocycles. The number of hydrogen-bond donors (Lipinski definition) is 1. The molecule has 0 aromatic carbocycles. The average molecular weight is 400 g/mol. The SMILES string of the molecule is CC(C)S(=O)(=O)N1CCc2nc(NC(=O)CN3C(=O)CCC3=O)sc2C1. The Morgan fingerprint density at radius 3 is 2.50 bits per heavy atom. The van der Waals surface area contributed by atoms with Gasteiger partial charge in [-0.05, 0) is 13.8 Å². The van der Waals surface area contributed by atoms with Gasteiger partial charge in [-0.1, -0.05) is 0 Å². The van der Waals surface area contributed by atoms with E-state index < -0.39 is 21.2 Å². The summed E-state index contributed by atoms with van der Waals surface area (Å²) in [5, 5.41) is 2.45. The van der Waals surface area contributed by atoms with Crippen LogP contribution in [-0.2, 0) is 37.4 Å². The molecule has 0 atom stereocenters. The van der Waals surface area contributed by atoms with Crippen molar-refractivity contribution >= 4 is 44.2 Å². The molecule has 0 aliphatic carbocycles. The van der Waals surface area contributed by atoms with Gasteiger partial charge < -0.3 is 5.32 Å². The summed E-state index contributed by atoms with van der Waals surface area (Å²) in [6.45, 7) is 3.57. The van der Waals surface area contributed by atoms with Crippen LogP contribution in [0.25, 0.3) is 0 Å². The molecule has 3 amide bonds. The fraction of sp³-hybridized carbons (Fsp3) is 0.600. The van der Waals surface area contributed by atoms with Gasteiger partial charge in [0.05, 0.1) is 10.9 Å². The van der Waals surface area contributed by atoms with Crippen molar-refractivity contribution in [1.29, 1.82) is 0 Å². The van der Waals surface area contributed by atoms with E-state index in [0.29, 0.717) is 18.1 Å². The third-order valence-electron chi connectivity index (χ3n) is 4.35. The number of aromatic nitrogens is 1. The van der Waals surface area contributed by atoms with E-state index in [1.807, 2.05) is 0 Å². The molecule has 26 heavy (non-hydrogen) atoms. The number of nitrogens with one attached hydrogen (secondary N) is 1. The van der Waals surface area contributed by atoms with Crippen molar-refractivity contribution in [3.05, 3.63) is 10.6 Å². The number of sulfonamides is 1. The summed E-state index contributed by atoms with van der Waals surface area (Å²) in [6, 6.07) is 0. The van der Waals surface area contributed by atoms with Crippen molar-refractivity contribution in [1.82, 2.24) is 14.2 Å². The summed E-state index contributed by atoms with van der Waals surface area (Å²) in [4.78, 5) is 41.3. The van der Waals surface area contributed by atoms with E-state index in [0.717, 1.165) is 15.5 Å². The zero-order chi connectivity index (χ0) is 19.1. The first-order valence-corrected chi connectivity index (χ1v) is 10.6. The maximum absolute atomic E-state index is 12.3. The first-order chi connectivity index (χ1) is 12.2. The van der Waals surface area contributed by atoms with Gasteiger partial charge in [-0.2, -0.15) is 4.31 Å². The number of amides is 3. The van der Waals surface area contributed by atoms with Crippen molar-refractivity contribution in [2.24, 2.45) is 0 Å². The van der Waals surface area contributed by atoms with Crippen molar-refractivity contribution < 1.29 is 22.8 Å². The summed E-state index contributed by atoms with van der Waals surface area (Å²) in [5.74, 6) is -1.19. The van der Waals surface area contributed by atoms with Gasteiger partial charge in [0.25, 0.3) is 0 Å². The van der Waals surface area contributed by atoms with E-state index >= 15 is 0 Å². The lowest BCUT2D eigenvalue weighted by Crippen LogP contribution is -2.39. The summed E-state index contributed by atoms with van der Waals surface area (Å²) in [5.41, 5.74) is 0.772. The fourth-order valence-electron chi connectivity index (χ4n) is 2.84. The van der Waals surface area contributed by atoms with E-state index in [-0.39, 0.29) is 37.7 Å². The molecular weight excluding hydrogens is 380 g/mol. The molecule has 142 valence electrons. The number of thiazole rings is 1. The summed E-state index contributed by atoms with van der Waals surface area (Å²) < 4.78 is 26.0. The molecular formula is C15H20N4O5S2. The molecule has 3 heterocycles. The number of likely N-dealkylation sites (tertiary alicyclic amines) is 1. The highest BCUT2D eigenvalue weighted by Crippen LogP contribution is 2.30. The Balaban J connectivity index is 1.66. The molecule has 11 heteroatoms. The predicted molar refractivity (Wildman–Crippen MR) is 94.9 cm³/mol. The fourth-order valence-corrected chi connectivity index (χ4v) is 5.22. The van der Waals surface area contributed by atoms with Gasteiger partial charge in [-0.25, -0.2) is 13.4 Å². The molecule has 1 fully saturated rings. The Kier molecular flexibility index (Phi) is 5.13. The molecule has 2 aliphatic heterocycles. The highest BCUT2D eigenvalue weighted by atomic mass is 32.2.